The van der Waals surface area contributed by atoms with Crippen molar-refractivity contribution in [2.75, 3.05) is 26.0 Å². The zero-order chi connectivity index (χ0) is 13.8. The van der Waals surface area contributed by atoms with E-state index in [1.807, 2.05) is 18.2 Å². The number of hydrogen-bond donors (Lipinski definition) is 2. The first-order valence-electron chi connectivity index (χ1n) is 6.61. The minimum atomic E-state index is 0.369. The van der Waals surface area contributed by atoms with Gasteiger partial charge in [0.15, 0.2) is 0 Å². The lowest BCUT2D eigenvalue weighted by molar-refractivity contribution is 0.0967. The van der Waals surface area contributed by atoms with Crippen LogP contribution in [0.3, 0.4) is 0 Å². The van der Waals surface area contributed by atoms with Crippen LogP contribution in [0.5, 0.6) is 0 Å². The summed E-state index contributed by atoms with van der Waals surface area (Å²) >= 11 is 0. The van der Waals surface area contributed by atoms with E-state index in [0.717, 1.165) is 42.2 Å². The fourth-order valence-electron chi connectivity index (χ4n) is 2.27. The number of aromatic nitrogens is 2. The van der Waals surface area contributed by atoms with E-state index in [-0.39, 0.29) is 0 Å². The number of nitrogen functional groups attached to an aromatic ring is 1. The number of nitrogens with zero attached hydrogens (tertiary/aromatic N) is 2. The molecule has 104 valence electrons. The molecule has 0 radical (unpaired) electrons. The Morgan fingerprint density at radius 2 is 2.26 bits per heavy atom. The molecule has 5 heteroatoms. The number of rotatable bonds is 6. The third-order valence-corrected chi connectivity index (χ3v) is 3.35. The van der Waals surface area contributed by atoms with Gasteiger partial charge in [-0.15, -0.1) is 0 Å². The van der Waals surface area contributed by atoms with Gasteiger partial charge in [-0.2, -0.15) is 0 Å². The Bertz CT molecular complexity index is 537. The van der Waals surface area contributed by atoms with Crippen LogP contribution in [0, 0.1) is 0 Å². The van der Waals surface area contributed by atoms with Crippen molar-refractivity contribution in [3.8, 4) is 0 Å². The van der Waals surface area contributed by atoms with E-state index >= 15 is 0 Å². The zero-order valence-electron chi connectivity index (χ0n) is 11.8. The standard InChI is InChI=1S/C14H22N4O/c1-4-18(10(2)9-19-3)8-14-16-12-6-5-11(15)7-13(12)17-14/h5-7,10H,4,8-9,15H2,1-3H3,(H,16,17). The first kappa shape index (κ1) is 13.8. The number of fused-ring (bicyclic) bond motifs is 1. The molecule has 0 saturated heterocycles. The van der Waals surface area contributed by atoms with Crippen molar-refractivity contribution in [1.29, 1.82) is 0 Å². The molecule has 1 aromatic carbocycles. The van der Waals surface area contributed by atoms with E-state index < -0.39 is 0 Å². The molecule has 5 nitrogen and oxygen atoms in total. The molecular formula is C14H22N4O. The van der Waals surface area contributed by atoms with Crippen LogP contribution in [-0.2, 0) is 11.3 Å². The summed E-state index contributed by atoms with van der Waals surface area (Å²) in [5.41, 5.74) is 8.48. The van der Waals surface area contributed by atoms with Crippen molar-refractivity contribution >= 4 is 16.7 Å². The number of nitrogens with two attached hydrogens (primary N) is 1. The number of imidazole rings is 1. The highest BCUT2D eigenvalue weighted by Gasteiger charge is 2.14. The van der Waals surface area contributed by atoms with E-state index in [1.54, 1.807) is 7.11 Å². The fraction of sp³-hybridized carbons (Fsp3) is 0.500. The van der Waals surface area contributed by atoms with Gasteiger partial charge in [0.25, 0.3) is 0 Å². The maximum atomic E-state index is 5.77. The number of H-pyrrole nitrogens is 1. The normalized spacial score (nSPS) is 13.3. The first-order valence-corrected chi connectivity index (χ1v) is 6.61. The minimum Gasteiger partial charge on any atom is -0.399 e. The summed E-state index contributed by atoms with van der Waals surface area (Å²) in [5, 5.41) is 0. The summed E-state index contributed by atoms with van der Waals surface area (Å²) in [5.74, 6) is 0.963. The van der Waals surface area contributed by atoms with Crippen LogP contribution in [0.4, 0.5) is 5.69 Å². The zero-order valence-corrected chi connectivity index (χ0v) is 11.8. The quantitative estimate of drug-likeness (QED) is 0.781. The molecule has 2 aromatic rings. The number of hydrogen-bond acceptors (Lipinski definition) is 4. The number of likely N-dealkylation sites (N-methyl/N-ethyl adjacent to an activating group) is 1. The molecule has 0 fully saturated rings. The van der Waals surface area contributed by atoms with Gasteiger partial charge < -0.3 is 15.5 Å². The number of aromatic amines is 1. The van der Waals surface area contributed by atoms with Crippen LogP contribution in [0.25, 0.3) is 11.0 Å². The second kappa shape index (κ2) is 6.04. The maximum Gasteiger partial charge on any atom is 0.121 e. The molecule has 1 heterocycles. The summed E-state index contributed by atoms with van der Waals surface area (Å²) in [6, 6.07) is 6.10. The Morgan fingerprint density at radius 1 is 1.47 bits per heavy atom. The van der Waals surface area contributed by atoms with Gasteiger partial charge in [0.2, 0.25) is 0 Å². The van der Waals surface area contributed by atoms with E-state index in [2.05, 4.69) is 28.7 Å². The van der Waals surface area contributed by atoms with Crippen LogP contribution in [0.1, 0.15) is 19.7 Å². The molecular weight excluding hydrogens is 240 g/mol. The molecule has 0 bridgehead atoms. The first-order chi connectivity index (χ1) is 9.13. The summed E-state index contributed by atoms with van der Waals surface area (Å²) in [4.78, 5) is 10.2. The second-order valence-corrected chi connectivity index (χ2v) is 4.83. The lowest BCUT2D eigenvalue weighted by Gasteiger charge is -2.26. The highest BCUT2D eigenvalue weighted by molar-refractivity contribution is 5.78. The highest BCUT2D eigenvalue weighted by Crippen LogP contribution is 2.16. The molecule has 0 spiro atoms. The molecule has 0 aliphatic heterocycles. The lowest BCUT2D eigenvalue weighted by Crippen LogP contribution is -2.35. The molecule has 1 unspecified atom stereocenters. The van der Waals surface area contributed by atoms with Gasteiger partial charge in [-0.05, 0) is 31.7 Å². The Labute approximate surface area is 113 Å². The van der Waals surface area contributed by atoms with E-state index in [1.165, 1.54) is 0 Å². The number of methoxy groups -OCH3 is 1. The van der Waals surface area contributed by atoms with Crippen molar-refractivity contribution in [3.63, 3.8) is 0 Å². The average Bonchev–Trinajstić information content (AvgIpc) is 2.77. The van der Waals surface area contributed by atoms with Gasteiger partial charge in [-0.1, -0.05) is 6.92 Å². The predicted molar refractivity (Wildman–Crippen MR) is 77.9 cm³/mol. The number of anilines is 1. The van der Waals surface area contributed by atoms with Crippen molar-refractivity contribution < 1.29 is 4.74 Å². The molecule has 3 N–H and O–H groups in total. The van der Waals surface area contributed by atoms with E-state index in [0.29, 0.717) is 6.04 Å². The Morgan fingerprint density at radius 3 is 2.95 bits per heavy atom. The van der Waals surface area contributed by atoms with Crippen LogP contribution >= 0.6 is 0 Å². The number of ether oxygens (including phenoxy) is 1. The molecule has 1 atom stereocenters. The second-order valence-electron chi connectivity index (χ2n) is 4.83. The monoisotopic (exact) mass is 262 g/mol. The Kier molecular flexibility index (Phi) is 4.39. The largest absolute Gasteiger partial charge is 0.399 e. The molecule has 1 aromatic heterocycles. The number of benzene rings is 1. The molecule has 0 aliphatic rings. The van der Waals surface area contributed by atoms with Crippen molar-refractivity contribution in [1.82, 2.24) is 14.9 Å². The minimum absolute atomic E-state index is 0.369. The summed E-state index contributed by atoms with van der Waals surface area (Å²) in [6.45, 7) is 6.78. The van der Waals surface area contributed by atoms with Crippen molar-refractivity contribution in [2.24, 2.45) is 0 Å². The maximum absolute atomic E-state index is 5.77. The third kappa shape index (κ3) is 3.24. The molecule has 0 amide bonds. The van der Waals surface area contributed by atoms with Crippen molar-refractivity contribution in [2.45, 2.75) is 26.4 Å². The summed E-state index contributed by atoms with van der Waals surface area (Å²) < 4.78 is 5.21. The average molecular weight is 262 g/mol. The Hall–Kier alpha value is -1.59. The summed E-state index contributed by atoms with van der Waals surface area (Å²) in [7, 11) is 1.73. The fourth-order valence-corrected chi connectivity index (χ4v) is 2.27. The smallest absolute Gasteiger partial charge is 0.121 e. The van der Waals surface area contributed by atoms with Gasteiger partial charge in [0, 0.05) is 18.8 Å². The van der Waals surface area contributed by atoms with Crippen molar-refractivity contribution in [3.05, 3.63) is 24.0 Å². The van der Waals surface area contributed by atoms with Gasteiger partial charge in [-0.3, -0.25) is 4.90 Å². The molecule has 2 rings (SSSR count). The SMILES string of the molecule is CCN(Cc1nc2ccc(N)cc2[nH]1)C(C)COC. The molecule has 0 aliphatic carbocycles. The van der Waals surface area contributed by atoms with Gasteiger partial charge >= 0.3 is 0 Å². The third-order valence-electron chi connectivity index (χ3n) is 3.35. The van der Waals surface area contributed by atoms with Crippen LogP contribution < -0.4 is 5.73 Å². The van der Waals surface area contributed by atoms with Crippen LogP contribution in [0.2, 0.25) is 0 Å². The molecule has 0 saturated carbocycles. The number of nitrogens with one attached hydrogen (secondary N) is 1. The van der Waals surface area contributed by atoms with Gasteiger partial charge in [-0.25, -0.2) is 4.98 Å². The Balaban J connectivity index is 2.15. The molecule has 19 heavy (non-hydrogen) atoms. The van der Waals surface area contributed by atoms with Gasteiger partial charge in [0.05, 0.1) is 24.2 Å². The highest BCUT2D eigenvalue weighted by atomic mass is 16.5. The van der Waals surface area contributed by atoms with Crippen LogP contribution in [0.15, 0.2) is 18.2 Å². The van der Waals surface area contributed by atoms with Gasteiger partial charge in [0.1, 0.15) is 5.82 Å². The lowest BCUT2D eigenvalue weighted by atomic mass is 10.3. The topological polar surface area (TPSA) is 67.2 Å². The summed E-state index contributed by atoms with van der Waals surface area (Å²) in [6.07, 6.45) is 0. The predicted octanol–water partition coefficient (Wildman–Crippen LogP) is 2.00. The van der Waals surface area contributed by atoms with E-state index in [4.69, 9.17) is 10.5 Å². The van der Waals surface area contributed by atoms with E-state index in [9.17, 15) is 0 Å². The van der Waals surface area contributed by atoms with Crippen LogP contribution in [-0.4, -0.2) is 41.2 Å².